The third-order valence-electron chi connectivity index (χ3n) is 3.83. The van der Waals surface area contributed by atoms with E-state index < -0.39 is 0 Å². The number of aryl methyl sites for hydroxylation is 2. The Hall–Kier alpha value is -1.64. The molecule has 1 aliphatic rings. The highest BCUT2D eigenvalue weighted by atomic mass is 19.1. The molecule has 0 radical (unpaired) electrons. The number of benzene rings is 1. The van der Waals surface area contributed by atoms with E-state index in [2.05, 4.69) is 17.2 Å². The standard InChI is InChI=1S/C16H19FN2/c1-3-7-18-16-12-5-4-6-13(12)19-14-9-11(17)8-10(2)15(14)16/h8-9H,3-7H2,1-2H3,(H,18,19). The highest BCUT2D eigenvalue weighted by Crippen LogP contribution is 2.36. The molecule has 0 amide bonds. The molecule has 0 atom stereocenters. The van der Waals surface area contributed by atoms with Crippen molar-refractivity contribution in [2.24, 2.45) is 0 Å². The molecule has 1 heterocycles. The van der Waals surface area contributed by atoms with Crippen LogP contribution in [0.2, 0.25) is 0 Å². The Kier molecular flexibility index (Phi) is 3.13. The molecule has 0 saturated carbocycles. The van der Waals surface area contributed by atoms with Gasteiger partial charge in [0.25, 0.3) is 0 Å². The molecule has 0 aliphatic heterocycles. The minimum Gasteiger partial charge on any atom is -0.384 e. The monoisotopic (exact) mass is 258 g/mol. The summed E-state index contributed by atoms with van der Waals surface area (Å²) in [4.78, 5) is 4.67. The first-order valence-corrected chi connectivity index (χ1v) is 7.06. The van der Waals surface area contributed by atoms with Crippen LogP contribution in [-0.4, -0.2) is 11.5 Å². The van der Waals surface area contributed by atoms with Crippen LogP contribution in [0.15, 0.2) is 12.1 Å². The number of aromatic nitrogens is 1. The van der Waals surface area contributed by atoms with Gasteiger partial charge in [-0.1, -0.05) is 6.92 Å². The highest BCUT2D eigenvalue weighted by molar-refractivity contribution is 5.96. The molecule has 100 valence electrons. The topological polar surface area (TPSA) is 24.9 Å². The van der Waals surface area contributed by atoms with E-state index in [9.17, 15) is 4.39 Å². The number of nitrogens with zero attached hydrogens (tertiary/aromatic N) is 1. The summed E-state index contributed by atoms with van der Waals surface area (Å²) >= 11 is 0. The molecule has 3 heteroatoms. The van der Waals surface area contributed by atoms with Crippen LogP contribution in [0.25, 0.3) is 10.9 Å². The van der Waals surface area contributed by atoms with Gasteiger partial charge in [0.2, 0.25) is 0 Å². The van der Waals surface area contributed by atoms with Gasteiger partial charge in [-0.3, -0.25) is 4.98 Å². The summed E-state index contributed by atoms with van der Waals surface area (Å²) in [5, 5.41) is 4.63. The van der Waals surface area contributed by atoms with Crippen LogP contribution in [-0.2, 0) is 12.8 Å². The quantitative estimate of drug-likeness (QED) is 0.900. The van der Waals surface area contributed by atoms with Crippen LogP contribution in [0.1, 0.15) is 36.6 Å². The van der Waals surface area contributed by atoms with Gasteiger partial charge < -0.3 is 5.32 Å². The zero-order valence-corrected chi connectivity index (χ0v) is 11.5. The zero-order chi connectivity index (χ0) is 13.4. The number of hydrogen-bond donors (Lipinski definition) is 1. The summed E-state index contributed by atoms with van der Waals surface area (Å²) in [6.45, 7) is 5.07. The maximum atomic E-state index is 13.6. The van der Waals surface area contributed by atoms with E-state index in [1.54, 1.807) is 12.1 Å². The maximum absolute atomic E-state index is 13.6. The van der Waals surface area contributed by atoms with Crippen LogP contribution in [0.5, 0.6) is 0 Å². The van der Waals surface area contributed by atoms with Crippen molar-refractivity contribution >= 4 is 16.6 Å². The summed E-state index contributed by atoms with van der Waals surface area (Å²) in [5.74, 6) is -0.197. The van der Waals surface area contributed by atoms with Crippen molar-refractivity contribution in [2.45, 2.75) is 39.5 Å². The van der Waals surface area contributed by atoms with E-state index in [0.29, 0.717) is 0 Å². The maximum Gasteiger partial charge on any atom is 0.125 e. The molecule has 0 saturated heterocycles. The van der Waals surface area contributed by atoms with Crippen molar-refractivity contribution < 1.29 is 4.39 Å². The van der Waals surface area contributed by atoms with Gasteiger partial charge in [-0.15, -0.1) is 0 Å². The summed E-state index contributed by atoms with van der Waals surface area (Å²) in [7, 11) is 0. The molecule has 0 unspecified atom stereocenters. The third kappa shape index (κ3) is 2.07. The van der Waals surface area contributed by atoms with E-state index >= 15 is 0 Å². The first-order chi connectivity index (χ1) is 9.20. The van der Waals surface area contributed by atoms with Gasteiger partial charge in [0.15, 0.2) is 0 Å². The Bertz CT molecular complexity index is 634. The molecule has 1 aromatic heterocycles. The number of halogens is 1. The lowest BCUT2D eigenvalue weighted by Crippen LogP contribution is -2.06. The average molecular weight is 258 g/mol. The molecule has 1 aliphatic carbocycles. The fraction of sp³-hybridized carbons (Fsp3) is 0.438. The van der Waals surface area contributed by atoms with E-state index in [0.717, 1.165) is 54.4 Å². The molecular formula is C16H19FN2. The van der Waals surface area contributed by atoms with Crippen LogP contribution < -0.4 is 5.32 Å². The van der Waals surface area contributed by atoms with Gasteiger partial charge in [-0.2, -0.15) is 0 Å². The van der Waals surface area contributed by atoms with Gasteiger partial charge in [0, 0.05) is 29.4 Å². The number of hydrogen-bond acceptors (Lipinski definition) is 2. The lowest BCUT2D eigenvalue weighted by atomic mass is 10.0. The predicted molar refractivity (Wildman–Crippen MR) is 77.2 cm³/mol. The molecule has 19 heavy (non-hydrogen) atoms. The van der Waals surface area contributed by atoms with Gasteiger partial charge in [-0.25, -0.2) is 4.39 Å². The summed E-state index contributed by atoms with van der Waals surface area (Å²) in [5.41, 5.74) is 5.44. The Labute approximate surface area is 113 Å². The largest absolute Gasteiger partial charge is 0.384 e. The molecule has 0 bridgehead atoms. The fourth-order valence-corrected chi connectivity index (χ4v) is 3.00. The van der Waals surface area contributed by atoms with Gasteiger partial charge in [0.05, 0.1) is 5.52 Å². The smallest absolute Gasteiger partial charge is 0.125 e. The van der Waals surface area contributed by atoms with Crippen molar-refractivity contribution in [1.29, 1.82) is 0 Å². The summed E-state index contributed by atoms with van der Waals surface area (Å²) in [6, 6.07) is 3.15. The van der Waals surface area contributed by atoms with E-state index in [1.807, 2.05) is 6.92 Å². The minimum atomic E-state index is -0.197. The minimum absolute atomic E-state index is 0.197. The second-order valence-corrected chi connectivity index (χ2v) is 5.31. The van der Waals surface area contributed by atoms with Crippen LogP contribution in [0.4, 0.5) is 10.1 Å². The van der Waals surface area contributed by atoms with Crippen LogP contribution in [0, 0.1) is 12.7 Å². The van der Waals surface area contributed by atoms with Crippen molar-refractivity contribution in [2.75, 3.05) is 11.9 Å². The van der Waals surface area contributed by atoms with Crippen LogP contribution >= 0.6 is 0 Å². The van der Waals surface area contributed by atoms with Gasteiger partial charge >= 0.3 is 0 Å². The highest BCUT2D eigenvalue weighted by Gasteiger charge is 2.20. The van der Waals surface area contributed by atoms with Gasteiger partial charge in [-0.05, 0) is 49.8 Å². The molecular weight excluding hydrogens is 239 g/mol. The van der Waals surface area contributed by atoms with Crippen molar-refractivity contribution in [1.82, 2.24) is 4.98 Å². The second kappa shape index (κ2) is 4.80. The Morgan fingerprint density at radius 1 is 1.32 bits per heavy atom. The second-order valence-electron chi connectivity index (χ2n) is 5.31. The normalized spacial score (nSPS) is 13.8. The van der Waals surface area contributed by atoms with Gasteiger partial charge in [0.1, 0.15) is 5.82 Å². The average Bonchev–Trinajstić information content (AvgIpc) is 2.82. The fourth-order valence-electron chi connectivity index (χ4n) is 3.00. The van der Waals surface area contributed by atoms with E-state index in [-0.39, 0.29) is 5.82 Å². The molecule has 2 aromatic rings. The third-order valence-corrected chi connectivity index (χ3v) is 3.83. The molecule has 2 nitrogen and oxygen atoms in total. The lowest BCUT2D eigenvalue weighted by Gasteiger charge is -2.16. The molecule has 3 rings (SSSR count). The number of rotatable bonds is 3. The van der Waals surface area contributed by atoms with Crippen molar-refractivity contribution in [3.63, 3.8) is 0 Å². The first-order valence-electron chi connectivity index (χ1n) is 7.06. The predicted octanol–water partition coefficient (Wildman–Crippen LogP) is 3.99. The Morgan fingerprint density at radius 2 is 2.16 bits per heavy atom. The lowest BCUT2D eigenvalue weighted by molar-refractivity contribution is 0.628. The van der Waals surface area contributed by atoms with E-state index in [1.165, 1.54) is 11.3 Å². The zero-order valence-electron chi connectivity index (χ0n) is 11.5. The molecule has 0 fully saturated rings. The number of pyridine rings is 1. The molecule has 1 aromatic carbocycles. The SMILES string of the molecule is CCCNc1c2c(nc3cc(F)cc(C)c13)CCC2. The molecule has 1 N–H and O–H groups in total. The summed E-state index contributed by atoms with van der Waals surface area (Å²) in [6.07, 6.45) is 4.34. The molecule has 0 spiro atoms. The van der Waals surface area contributed by atoms with Crippen molar-refractivity contribution in [3.8, 4) is 0 Å². The van der Waals surface area contributed by atoms with Crippen molar-refractivity contribution in [3.05, 3.63) is 34.8 Å². The first kappa shape index (κ1) is 12.4. The van der Waals surface area contributed by atoms with Crippen LogP contribution in [0.3, 0.4) is 0 Å². The Balaban J connectivity index is 2.28. The summed E-state index contributed by atoms with van der Waals surface area (Å²) < 4.78 is 13.6. The Morgan fingerprint density at radius 3 is 2.95 bits per heavy atom. The van der Waals surface area contributed by atoms with E-state index in [4.69, 9.17) is 0 Å². The number of fused-ring (bicyclic) bond motifs is 2. The number of nitrogens with one attached hydrogen (secondary N) is 1. The number of anilines is 1.